The Labute approximate surface area is 228 Å². The van der Waals surface area contributed by atoms with E-state index in [0.29, 0.717) is 6.42 Å². The summed E-state index contributed by atoms with van der Waals surface area (Å²) in [6, 6.07) is -0.722. The number of alkyl halides is 3. The molecule has 0 unspecified atom stereocenters. The highest BCUT2D eigenvalue weighted by molar-refractivity contribution is 6.39. The lowest BCUT2D eigenvalue weighted by atomic mass is 9.74. The summed E-state index contributed by atoms with van der Waals surface area (Å²) in [7, 11) is 0. The molecule has 2 aromatic rings. The largest absolute Gasteiger partial charge is 0.481 e. The normalized spacial score (nSPS) is 20.0. The molecule has 0 radical (unpaired) electrons. The Balaban J connectivity index is 1.95. The predicted molar refractivity (Wildman–Crippen MR) is 134 cm³/mol. The zero-order valence-electron chi connectivity index (χ0n) is 21.2. The fourth-order valence-electron chi connectivity index (χ4n) is 4.54. The van der Waals surface area contributed by atoms with Crippen LogP contribution in [0, 0.1) is 11.3 Å². The average Bonchev–Trinajstić information content (AvgIpc) is 3.27. The number of ketones is 1. The van der Waals surface area contributed by atoms with Crippen molar-refractivity contribution in [3.8, 4) is 0 Å². The van der Waals surface area contributed by atoms with Gasteiger partial charge >= 0.3 is 12.1 Å². The van der Waals surface area contributed by atoms with Gasteiger partial charge in [0.1, 0.15) is 0 Å². The Hall–Kier alpha value is -2.66. The molecule has 0 aliphatic heterocycles. The Morgan fingerprint density at radius 3 is 2.24 bits per heavy atom. The molecule has 2 heterocycles. The Morgan fingerprint density at radius 2 is 1.74 bits per heavy atom. The number of hydrogen-bond acceptors (Lipinski definition) is 5. The van der Waals surface area contributed by atoms with Crippen LogP contribution in [0.3, 0.4) is 0 Å². The van der Waals surface area contributed by atoms with E-state index in [1.165, 1.54) is 12.4 Å². The molecule has 13 heteroatoms. The predicted octanol–water partition coefficient (Wildman–Crippen LogP) is 6.18. The molecule has 0 saturated heterocycles. The number of rotatable bonds is 9. The van der Waals surface area contributed by atoms with Gasteiger partial charge < -0.3 is 10.0 Å². The van der Waals surface area contributed by atoms with Gasteiger partial charge in [-0.1, -0.05) is 37.0 Å². The highest BCUT2D eigenvalue weighted by Gasteiger charge is 2.45. The minimum atomic E-state index is -4.92. The summed E-state index contributed by atoms with van der Waals surface area (Å²) in [6.07, 6.45) is -0.505. The van der Waals surface area contributed by atoms with E-state index >= 15 is 0 Å². The van der Waals surface area contributed by atoms with Crippen molar-refractivity contribution in [1.82, 2.24) is 19.7 Å². The van der Waals surface area contributed by atoms with E-state index < -0.39 is 53.1 Å². The number of pyridine rings is 1. The molecular formula is C25H29Cl2F3N4O4. The minimum Gasteiger partial charge on any atom is -0.481 e. The molecule has 2 aromatic heterocycles. The van der Waals surface area contributed by atoms with Crippen LogP contribution in [0.5, 0.6) is 0 Å². The molecule has 0 atom stereocenters. The van der Waals surface area contributed by atoms with Gasteiger partial charge in [-0.05, 0) is 44.9 Å². The van der Waals surface area contributed by atoms with Gasteiger partial charge in [0.25, 0.3) is 5.91 Å². The van der Waals surface area contributed by atoms with Gasteiger partial charge in [0.2, 0.25) is 0 Å². The number of nitrogens with zero attached hydrogens (tertiary/aromatic N) is 4. The molecule has 8 nitrogen and oxygen atoms in total. The lowest BCUT2D eigenvalue weighted by Gasteiger charge is -2.34. The lowest BCUT2D eigenvalue weighted by molar-refractivity contribution is -0.152. The van der Waals surface area contributed by atoms with Crippen LogP contribution < -0.4 is 0 Å². The molecule has 1 N–H and O–H groups in total. The molecule has 1 aliphatic rings. The summed E-state index contributed by atoms with van der Waals surface area (Å²) < 4.78 is 43.7. The summed E-state index contributed by atoms with van der Waals surface area (Å²) >= 11 is 12.2. The standard InChI is InChI=1S/C25H29Cl2F3N4O4/c1-14(2)6-9-33(13-19(35)20-17(26)11-31-12-18(20)27)22(36)16-10-32-34(21(16)25(28,29)30)15-4-7-24(3,8-5-15)23(37)38/h10-12,14-15H,4-9,13H2,1-3H3,(H,37,38). The number of amides is 1. The third-order valence-electron chi connectivity index (χ3n) is 6.95. The number of aromatic nitrogens is 3. The quantitative estimate of drug-likeness (QED) is 0.357. The van der Waals surface area contributed by atoms with Crippen molar-refractivity contribution in [2.75, 3.05) is 13.1 Å². The van der Waals surface area contributed by atoms with E-state index in [9.17, 15) is 32.7 Å². The highest BCUT2D eigenvalue weighted by Crippen LogP contribution is 2.43. The van der Waals surface area contributed by atoms with Crippen molar-refractivity contribution < 1.29 is 32.7 Å². The van der Waals surface area contributed by atoms with Gasteiger partial charge in [0, 0.05) is 18.9 Å². The lowest BCUT2D eigenvalue weighted by Crippen LogP contribution is -2.38. The molecule has 1 fully saturated rings. The van der Waals surface area contributed by atoms with Crippen LogP contribution >= 0.6 is 23.2 Å². The fourth-order valence-corrected chi connectivity index (χ4v) is 5.12. The maximum Gasteiger partial charge on any atom is 0.433 e. The SMILES string of the molecule is CC(C)CCN(CC(=O)c1c(Cl)cncc1Cl)C(=O)c1cnn(C2CCC(C)(C(=O)O)CC2)c1C(F)(F)F. The van der Waals surface area contributed by atoms with E-state index in [-0.39, 0.29) is 53.8 Å². The fraction of sp³-hybridized carbons (Fsp3) is 0.560. The molecule has 0 aromatic carbocycles. The van der Waals surface area contributed by atoms with Gasteiger partial charge in [-0.25, -0.2) is 0 Å². The molecule has 3 rings (SSSR count). The minimum absolute atomic E-state index is 0.0193. The van der Waals surface area contributed by atoms with Crippen molar-refractivity contribution in [2.45, 2.75) is 65.1 Å². The van der Waals surface area contributed by atoms with Crippen LogP contribution in [0.2, 0.25) is 10.0 Å². The van der Waals surface area contributed by atoms with Crippen LogP contribution in [-0.2, 0) is 11.0 Å². The number of carboxylic acids is 1. The van der Waals surface area contributed by atoms with Gasteiger partial charge in [-0.15, -0.1) is 0 Å². The number of Topliss-reactive ketones (excluding diaryl/α,β-unsaturated/α-hetero) is 1. The number of carbonyl (C=O) groups excluding carboxylic acids is 2. The number of hydrogen-bond donors (Lipinski definition) is 1. The monoisotopic (exact) mass is 576 g/mol. The van der Waals surface area contributed by atoms with E-state index in [0.717, 1.165) is 15.8 Å². The molecule has 1 saturated carbocycles. The second-order valence-corrected chi connectivity index (χ2v) is 11.1. The molecule has 0 bridgehead atoms. The summed E-state index contributed by atoms with van der Waals surface area (Å²) in [6.45, 7) is 4.81. The second kappa shape index (κ2) is 11.6. The molecule has 38 heavy (non-hydrogen) atoms. The zero-order valence-corrected chi connectivity index (χ0v) is 22.7. The maximum atomic E-state index is 14.3. The summed E-state index contributed by atoms with van der Waals surface area (Å²) in [4.78, 5) is 43.0. The van der Waals surface area contributed by atoms with Crippen LogP contribution in [0.15, 0.2) is 18.6 Å². The topological polar surface area (TPSA) is 105 Å². The Kier molecular flexibility index (Phi) is 9.13. The molecule has 0 spiro atoms. The number of aliphatic carboxylic acids is 1. The van der Waals surface area contributed by atoms with Crippen LogP contribution in [0.1, 0.15) is 85.3 Å². The van der Waals surface area contributed by atoms with Gasteiger partial charge in [-0.2, -0.15) is 18.3 Å². The molecule has 1 aliphatic carbocycles. The number of carboxylic acid groups (broad SMARTS) is 1. The van der Waals surface area contributed by atoms with E-state index in [1.807, 2.05) is 13.8 Å². The molecule has 208 valence electrons. The summed E-state index contributed by atoms with van der Waals surface area (Å²) in [5.41, 5.74) is -2.98. The van der Waals surface area contributed by atoms with Crippen LogP contribution in [-0.4, -0.2) is 55.5 Å². The Bertz CT molecular complexity index is 1190. The van der Waals surface area contributed by atoms with Crippen LogP contribution in [0.4, 0.5) is 13.2 Å². The first-order chi connectivity index (χ1) is 17.7. The van der Waals surface area contributed by atoms with Crippen molar-refractivity contribution in [3.63, 3.8) is 0 Å². The maximum absolute atomic E-state index is 14.3. The third-order valence-corrected chi connectivity index (χ3v) is 7.52. The van der Waals surface area contributed by atoms with Crippen molar-refractivity contribution >= 4 is 40.9 Å². The smallest absolute Gasteiger partial charge is 0.433 e. The number of carbonyl (C=O) groups is 3. The first-order valence-corrected chi connectivity index (χ1v) is 12.9. The van der Waals surface area contributed by atoms with E-state index in [1.54, 1.807) is 6.92 Å². The molecule has 1 amide bonds. The van der Waals surface area contributed by atoms with Gasteiger partial charge in [0.15, 0.2) is 11.5 Å². The average molecular weight is 577 g/mol. The first-order valence-electron chi connectivity index (χ1n) is 12.1. The van der Waals surface area contributed by atoms with Crippen LogP contribution in [0.25, 0.3) is 0 Å². The van der Waals surface area contributed by atoms with E-state index in [2.05, 4.69) is 10.1 Å². The highest BCUT2D eigenvalue weighted by atomic mass is 35.5. The zero-order chi connectivity index (χ0) is 28.4. The first kappa shape index (κ1) is 29.9. The van der Waals surface area contributed by atoms with Crippen molar-refractivity contribution in [1.29, 1.82) is 0 Å². The third kappa shape index (κ3) is 6.48. The van der Waals surface area contributed by atoms with E-state index in [4.69, 9.17) is 23.2 Å². The number of halogens is 5. The summed E-state index contributed by atoms with van der Waals surface area (Å²) in [5, 5.41) is 13.3. The molecular weight excluding hydrogens is 548 g/mol. The second-order valence-electron chi connectivity index (χ2n) is 10.3. The summed E-state index contributed by atoms with van der Waals surface area (Å²) in [5.74, 6) is -2.53. The van der Waals surface area contributed by atoms with Gasteiger partial charge in [-0.3, -0.25) is 24.0 Å². The Morgan fingerprint density at radius 1 is 1.16 bits per heavy atom. The van der Waals surface area contributed by atoms with Crippen molar-refractivity contribution in [2.24, 2.45) is 11.3 Å². The van der Waals surface area contributed by atoms with Gasteiger partial charge in [0.05, 0.1) is 45.4 Å². The van der Waals surface area contributed by atoms with Crippen molar-refractivity contribution in [3.05, 3.63) is 45.5 Å².